The zero-order valence-corrected chi connectivity index (χ0v) is 14.2. The van der Waals surface area contributed by atoms with E-state index in [9.17, 15) is 9.59 Å². The Morgan fingerprint density at radius 1 is 1.41 bits per heavy atom. The number of ketones is 1. The van der Waals surface area contributed by atoms with Gasteiger partial charge in [0.25, 0.3) is 0 Å². The first-order valence-electron chi connectivity index (χ1n) is 7.90. The zero-order valence-electron chi connectivity index (χ0n) is 14.2. The van der Waals surface area contributed by atoms with E-state index in [2.05, 4.69) is 26.5 Å². The maximum absolute atomic E-state index is 12.5. The molecule has 0 aromatic heterocycles. The number of esters is 1. The van der Waals surface area contributed by atoms with Crippen LogP contribution >= 0.6 is 0 Å². The number of Topliss-reactive ketones (excluding diaryl/α,β-unsaturated/α-hetero) is 1. The van der Waals surface area contributed by atoms with Crippen LogP contribution in [-0.4, -0.2) is 11.8 Å². The van der Waals surface area contributed by atoms with Crippen LogP contribution in [0, 0.1) is 23.2 Å². The fraction of sp³-hybridized carbons (Fsp3) is 0.579. The summed E-state index contributed by atoms with van der Waals surface area (Å²) in [7, 11) is 0. The van der Waals surface area contributed by atoms with E-state index in [4.69, 9.17) is 4.74 Å². The first-order valence-corrected chi connectivity index (χ1v) is 7.90. The van der Waals surface area contributed by atoms with Crippen molar-refractivity contribution in [2.45, 2.75) is 47.5 Å². The van der Waals surface area contributed by atoms with Gasteiger partial charge in [-0.3, -0.25) is 9.59 Å². The Bertz CT molecular complexity index is 573. The standard InChI is InChI=1S/C19H26O3/c1-7-8-13-12(4)16(10-15(13)20)22-18(21)17-14(9-11(2)3)19(17,5)6/h7,9,13-14,17H,1,8,10H2,2-6H3/t13?,14-,17?/m1/s1. The molecule has 0 spiro atoms. The van der Waals surface area contributed by atoms with E-state index in [-0.39, 0.29) is 41.3 Å². The maximum Gasteiger partial charge on any atom is 0.315 e. The summed E-state index contributed by atoms with van der Waals surface area (Å²) in [5.41, 5.74) is 2.03. The van der Waals surface area contributed by atoms with Gasteiger partial charge in [-0.1, -0.05) is 31.6 Å². The Kier molecular flexibility index (Phi) is 4.46. The van der Waals surface area contributed by atoms with E-state index in [1.54, 1.807) is 6.08 Å². The van der Waals surface area contributed by atoms with Crippen molar-refractivity contribution in [3.05, 3.63) is 35.6 Å². The van der Waals surface area contributed by atoms with E-state index in [1.807, 2.05) is 20.8 Å². The quantitative estimate of drug-likeness (QED) is 0.564. The van der Waals surface area contributed by atoms with Crippen LogP contribution in [0.1, 0.15) is 47.5 Å². The van der Waals surface area contributed by atoms with Crippen LogP contribution in [-0.2, 0) is 14.3 Å². The van der Waals surface area contributed by atoms with Gasteiger partial charge in [-0.2, -0.15) is 0 Å². The molecular weight excluding hydrogens is 276 g/mol. The molecule has 120 valence electrons. The second-order valence-electron chi connectivity index (χ2n) is 7.32. The van der Waals surface area contributed by atoms with Gasteiger partial charge >= 0.3 is 5.97 Å². The summed E-state index contributed by atoms with van der Waals surface area (Å²) in [6.07, 6.45) is 4.73. The molecule has 0 radical (unpaired) electrons. The molecule has 22 heavy (non-hydrogen) atoms. The lowest BCUT2D eigenvalue weighted by Gasteiger charge is -2.08. The van der Waals surface area contributed by atoms with Crippen molar-refractivity contribution >= 4 is 11.8 Å². The molecule has 0 aromatic rings. The molecule has 0 aromatic carbocycles. The molecule has 0 saturated heterocycles. The lowest BCUT2D eigenvalue weighted by atomic mass is 9.98. The molecule has 2 aliphatic rings. The number of ether oxygens (including phenoxy) is 1. The molecule has 3 nitrogen and oxygen atoms in total. The number of hydrogen-bond donors (Lipinski definition) is 0. The Hall–Kier alpha value is -1.64. The second kappa shape index (κ2) is 5.86. The Labute approximate surface area is 133 Å². The summed E-state index contributed by atoms with van der Waals surface area (Å²) >= 11 is 0. The van der Waals surface area contributed by atoms with Crippen molar-refractivity contribution in [3.8, 4) is 0 Å². The molecule has 2 aliphatic carbocycles. The van der Waals surface area contributed by atoms with Crippen molar-refractivity contribution in [1.29, 1.82) is 0 Å². The van der Waals surface area contributed by atoms with E-state index in [1.165, 1.54) is 5.57 Å². The van der Waals surface area contributed by atoms with E-state index < -0.39 is 0 Å². The van der Waals surface area contributed by atoms with E-state index in [0.717, 1.165) is 5.57 Å². The van der Waals surface area contributed by atoms with Crippen molar-refractivity contribution in [1.82, 2.24) is 0 Å². The summed E-state index contributed by atoms with van der Waals surface area (Å²) in [5.74, 6) is 0.426. The summed E-state index contributed by atoms with van der Waals surface area (Å²) in [6.45, 7) is 13.8. The van der Waals surface area contributed by atoms with Gasteiger partial charge in [-0.05, 0) is 44.1 Å². The van der Waals surface area contributed by atoms with Crippen LogP contribution in [0.15, 0.2) is 35.6 Å². The molecule has 0 aliphatic heterocycles. The smallest absolute Gasteiger partial charge is 0.315 e. The van der Waals surface area contributed by atoms with Crippen molar-refractivity contribution in [2.75, 3.05) is 0 Å². The Balaban J connectivity index is 2.09. The van der Waals surface area contributed by atoms with Gasteiger partial charge < -0.3 is 4.74 Å². The highest BCUT2D eigenvalue weighted by Crippen LogP contribution is 2.60. The van der Waals surface area contributed by atoms with Crippen LogP contribution in [0.25, 0.3) is 0 Å². The van der Waals surface area contributed by atoms with Crippen molar-refractivity contribution < 1.29 is 14.3 Å². The highest BCUT2D eigenvalue weighted by atomic mass is 16.5. The highest BCUT2D eigenvalue weighted by Gasteiger charge is 2.61. The highest BCUT2D eigenvalue weighted by molar-refractivity contribution is 5.90. The third-order valence-electron chi connectivity index (χ3n) is 4.99. The van der Waals surface area contributed by atoms with Gasteiger partial charge in [0.2, 0.25) is 0 Å². The third kappa shape index (κ3) is 2.94. The number of hydrogen-bond acceptors (Lipinski definition) is 3. The number of carbonyl (C=O) groups excluding carboxylic acids is 2. The van der Waals surface area contributed by atoms with Gasteiger partial charge in [0.05, 0.1) is 12.3 Å². The largest absolute Gasteiger partial charge is 0.430 e. The molecule has 1 saturated carbocycles. The zero-order chi connectivity index (χ0) is 16.7. The second-order valence-corrected chi connectivity index (χ2v) is 7.32. The molecule has 3 heteroatoms. The minimum atomic E-state index is -0.200. The number of carbonyl (C=O) groups is 2. The third-order valence-corrected chi connectivity index (χ3v) is 4.99. The lowest BCUT2D eigenvalue weighted by Crippen LogP contribution is -2.10. The Morgan fingerprint density at radius 2 is 2.05 bits per heavy atom. The van der Waals surface area contributed by atoms with Gasteiger partial charge in [0, 0.05) is 5.92 Å². The number of rotatable bonds is 5. The van der Waals surface area contributed by atoms with Crippen LogP contribution < -0.4 is 0 Å². The summed E-state index contributed by atoms with van der Waals surface area (Å²) in [6, 6.07) is 0. The Morgan fingerprint density at radius 3 is 2.59 bits per heavy atom. The van der Waals surface area contributed by atoms with E-state index >= 15 is 0 Å². The molecular formula is C19H26O3. The van der Waals surface area contributed by atoms with Gasteiger partial charge in [0.1, 0.15) is 11.5 Å². The molecule has 2 rings (SSSR count). The van der Waals surface area contributed by atoms with Crippen molar-refractivity contribution in [2.24, 2.45) is 23.2 Å². The van der Waals surface area contributed by atoms with Crippen LogP contribution in [0.4, 0.5) is 0 Å². The fourth-order valence-electron chi connectivity index (χ4n) is 3.43. The predicted molar refractivity (Wildman–Crippen MR) is 86.9 cm³/mol. The first-order chi connectivity index (χ1) is 10.2. The minimum absolute atomic E-state index is 0.0635. The molecule has 2 unspecified atom stereocenters. The SMILES string of the molecule is C=CCC1C(=O)CC(OC(=O)C2[C@@H](C=C(C)C)C2(C)C)=C1C. The minimum Gasteiger partial charge on any atom is -0.430 e. The maximum atomic E-state index is 12.5. The van der Waals surface area contributed by atoms with Crippen molar-refractivity contribution in [3.63, 3.8) is 0 Å². The molecule has 0 bridgehead atoms. The first kappa shape index (κ1) is 16.7. The topological polar surface area (TPSA) is 43.4 Å². The summed E-state index contributed by atoms with van der Waals surface area (Å²) in [4.78, 5) is 24.5. The molecule has 0 heterocycles. The normalized spacial score (nSPS) is 29.3. The van der Waals surface area contributed by atoms with Crippen LogP contribution in [0.5, 0.6) is 0 Å². The summed E-state index contributed by atoms with van der Waals surface area (Å²) in [5, 5.41) is 0. The monoisotopic (exact) mass is 302 g/mol. The molecule has 0 amide bonds. The van der Waals surface area contributed by atoms with Gasteiger partial charge in [-0.25, -0.2) is 0 Å². The van der Waals surface area contributed by atoms with E-state index in [0.29, 0.717) is 12.2 Å². The van der Waals surface area contributed by atoms with Crippen LogP contribution in [0.3, 0.4) is 0 Å². The van der Waals surface area contributed by atoms with Crippen LogP contribution in [0.2, 0.25) is 0 Å². The van der Waals surface area contributed by atoms with Gasteiger partial charge in [0.15, 0.2) is 0 Å². The average Bonchev–Trinajstić information content (AvgIpc) is 2.83. The fourth-order valence-corrected chi connectivity index (χ4v) is 3.43. The molecule has 3 atom stereocenters. The molecule has 0 N–H and O–H groups in total. The number of allylic oxidation sites excluding steroid dienone is 5. The predicted octanol–water partition coefficient (Wildman–Crippen LogP) is 4.21. The molecule has 1 fully saturated rings. The summed E-state index contributed by atoms with van der Waals surface area (Å²) < 4.78 is 5.60. The van der Waals surface area contributed by atoms with Gasteiger partial charge in [-0.15, -0.1) is 6.58 Å². The average molecular weight is 302 g/mol. The lowest BCUT2D eigenvalue weighted by molar-refractivity contribution is -0.142.